The summed E-state index contributed by atoms with van der Waals surface area (Å²) in [6.07, 6.45) is 1.14. The molecule has 2 aliphatic rings. The Kier molecular flexibility index (Phi) is 7.34. The van der Waals surface area contributed by atoms with E-state index in [1.807, 2.05) is 48.5 Å². The van der Waals surface area contributed by atoms with Crippen LogP contribution in [-0.4, -0.2) is 55.9 Å². The minimum absolute atomic E-state index is 0.237. The normalized spacial score (nSPS) is 16.7. The van der Waals surface area contributed by atoms with E-state index in [0.717, 1.165) is 22.6 Å². The van der Waals surface area contributed by atoms with Crippen LogP contribution in [0.1, 0.15) is 30.4 Å². The average molecular weight is 455 g/mol. The molecule has 0 bridgehead atoms. The number of hydrogen-bond acceptors (Lipinski definition) is 7. The van der Waals surface area contributed by atoms with Gasteiger partial charge in [0.15, 0.2) is 11.5 Å². The van der Waals surface area contributed by atoms with E-state index in [4.69, 9.17) is 18.9 Å². The molecule has 33 heavy (non-hydrogen) atoms. The molecule has 8 nitrogen and oxygen atoms in total. The third-order valence-corrected chi connectivity index (χ3v) is 6.17. The van der Waals surface area contributed by atoms with Crippen molar-refractivity contribution >= 4 is 12.1 Å². The van der Waals surface area contributed by atoms with Crippen LogP contribution in [0.2, 0.25) is 0 Å². The van der Waals surface area contributed by atoms with Gasteiger partial charge in [0.25, 0.3) is 0 Å². The molecule has 8 heteroatoms. The van der Waals surface area contributed by atoms with E-state index in [1.165, 1.54) is 7.11 Å². The highest BCUT2D eigenvalue weighted by molar-refractivity contribution is 5.71. The monoisotopic (exact) mass is 454 g/mol. The molecule has 0 atom stereocenters. The van der Waals surface area contributed by atoms with Crippen molar-refractivity contribution in [2.45, 2.75) is 38.0 Å². The van der Waals surface area contributed by atoms with Crippen LogP contribution in [0.5, 0.6) is 11.5 Å². The topological polar surface area (TPSA) is 86.3 Å². The summed E-state index contributed by atoms with van der Waals surface area (Å²) in [6.45, 7) is 2.89. The second-order valence-electron chi connectivity index (χ2n) is 8.39. The largest absolute Gasteiger partial charge is 0.486 e. The number of nitrogens with zero attached hydrogens (tertiary/aromatic N) is 1. The third kappa shape index (κ3) is 5.96. The van der Waals surface area contributed by atoms with Gasteiger partial charge in [-0.05, 0) is 36.1 Å². The maximum Gasteiger partial charge on any atom is 0.410 e. The standard InChI is InChI=1S/C25H30N2O6/c1-30-23(28)16-25(26-17-20-7-8-21-22(15-20)32-14-13-31-21)9-11-27(12-10-25)24(29)33-18-19-5-3-2-4-6-19/h2-8,15,26H,9-14,16-18H2,1H3. The van der Waals surface area contributed by atoms with E-state index in [1.54, 1.807) is 4.90 Å². The van der Waals surface area contributed by atoms with Gasteiger partial charge >= 0.3 is 12.1 Å². The van der Waals surface area contributed by atoms with Crippen LogP contribution in [-0.2, 0) is 27.4 Å². The molecule has 2 aromatic rings. The van der Waals surface area contributed by atoms with Crippen LogP contribution >= 0.6 is 0 Å². The van der Waals surface area contributed by atoms with Crippen LogP contribution in [0.25, 0.3) is 0 Å². The molecule has 4 rings (SSSR count). The van der Waals surface area contributed by atoms with Gasteiger partial charge in [-0.2, -0.15) is 0 Å². The molecule has 1 N–H and O–H groups in total. The summed E-state index contributed by atoms with van der Waals surface area (Å²) in [5.41, 5.74) is 1.52. The van der Waals surface area contributed by atoms with Crippen LogP contribution in [0.15, 0.2) is 48.5 Å². The molecule has 0 aliphatic carbocycles. The zero-order chi connectivity index (χ0) is 23.1. The Hall–Kier alpha value is -3.26. The van der Waals surface area contributed by atoms with Crippen LogP contribution in [0, 0.1) is 0 Å². The van der Waals surface area contributed by atoms with Crippen molar-refractivity contribution in [1.82, 2.24) is 10.2 Å². The molecule has 0 saturated carbocycles. The highest BCUT2D eigenvalue weighted by Gasteiger charge is 2.38. The first kappa shape index (κ1) is 22.9. The maximum atomic E-state index is 12.5. The minimum Gasteiger partial charge on any atom is -0.486 e. The van der Waals surface area contributed by atoms with E-state index in [2.05, 4.69) is 5.32 Å². The lowest BCUT2D eigenvalue weighted by atomic mass is 9.84. The van der Waals surface area contributed by atoms with Crippen molar-refractivity contribution in [3.8, 4) is 11.5 Å². The fourth-order valence-electron chi connectivity index (χ4n) is 4.18. The molecule has 1 saturated heterocycles. The van der Waals surface area contributed by atoms with Gasteiger partial charge in [0.2, 0.25) is 0 Å². The Labute approximate surface area is 193 Å². The lowest BCUT2D eigenvalue weighted by molar-refractivity contribution is -0.142. The first-order valence-corrected chi connectivity index (χ1v) is 11.2. The molecule has 2 aliphatic heterocycles. The predicted octanol–water partition coefficient (Wildman–Crippen LogP) is 3.28. The van der Waals surface area contributed by atoms with Crippen LogP contribution in [0.3, 0.4) is 0 Å². The zero-order valence-corrected chi connectivity index (χ0v) is 18.9. The molecule has 0 aromatic heterocycles. The number of methoxy groups -OCH3 is 1. The molecule has 0 unspecified atom stereocenters. The molecular weight excluding hydrogens is 424 g/mol. The second-order valence-corrected chi connectivity index (χ2v) is 8.39. The van der Waals surface area contributed by atoms with E-state index < -0.39 is 5.54 Å². The number of ether oxygens (including phenoxy) is 4. The molecule has 2 heterocycles. The van der Waals surface area contributed by atoms with Gasteiger partial charge in [-0.3, -0.25) is 4.79 Å². The Bertz CT molecular complexity index is 957. The number of amides is 1. The van der Waals surface area contributed by atoms with Crippen molar-refractivity contribution in [2.24, 2.45) is 0 Å². The molecule has 176 valence electrons. The van der Waals surface area contributed by atoms with E-state index in [0.29, 0.717) is 45.7 Å². The van der Waals surface area contributed by atoms with Gasteiger partial charge in [-0.1, -0.05) is 36.4 Å². The van der Waals surface area contributed by atoms with Gasteiger partial charge in [0, 0.05) is 25.2 Å². The summed E-state index contributed by atoms with van der Waals surface area (Å²) >= 11 is 0. The smallest absolute Gasteiger partial charge is 0.410 e. The number of carbonyl (C=O) groups excluding carboxylic acids is 2. The molecule has 1 fully saturated rings. The number of fused-ring (bicyclic) bond motifs is 1. The van der Waals surface area contributed by atoms with Crippen molar-refractivity contribution in [3.05, 3.63) is 59.7 Å². The van der Waals surface area contributed by atoms with E-state index in [9.17, 15) is 9.59 Å². The number of carbonyl (C=O) groups is 2. The van der Waals surface area contributed by atoms with Gasteiger partial charge in [-0.15, -0.1) is 0 Å². The predicted molar refractivity (Wildman–Crippen MR) is 121 cm³/mol. The van der Waals surface area contributed by atoms with Crippen molar-refractivity contribution in [3.63, 3.8) is 0 Å². The summed E-state index contributed by atoms with van der Waals surface area (Å²) in [6, 6.07) is 15.5. The maximum absolute atomic E-state index is 12.5. The molecule has 1 amide bonds. The van der Waals surface area contributed by atoms with Crippen molar-refractivity contribution in [1.29, 1.82) is 0 Å². The first-order valence-electron chi connectivity index (χ1n) is 11.2. The van der Waals surface area contributed by atoms with Gasteiger partial charge in [0.1, 0.15) is 19.8 Å². The number of hydrogen-bond donors (Lipinski definition) is 1. The minimum atomic E-state index is -0.462. The van der Waals surface area contributed by atoms with E-state index >= 15 is 0 Å². The van der Waals surface area contributed by atoms with Gasteiger partial charge in [0.05, 0.1) is 13.5 Å². The number of nitrogens with one attached hydrogen (secondary N) is 1. The average Bonchev–Trinajstić information content (AvgIpc) is 2.87. The van der Waals surface area contributed by atoms with Crippen molar-refractivity contribution in [2.75, 3.05) is 33.4 Å². The fourth-order valence-corrected chi connectivity index (χ4v) is 4.18. The summed E-state index contributed by atoms with van der Waals surface area (Å²) in [5, 5.41) is 3.56. The number of piperidine rings is 1. The lowest BCUT2D eigenvalue weighted by Crippen LogP contribution is -2.55. The first-order chi connectivity index (χ1) is 16.1. The summed E-state index contributed by atoms with van der Waals surface area (Å²) in [7, 11) is 1.40. The Morgan fingerprint density at radius 2 is 1.73 bits per heavy atom. The quantitative estimate of drug-likeness (QED) is 0.643. The Morgan fingerprint density at radius 1 is 1.00 bits per heavy atom. The van der Waals surface area contributed by atoms with E-state index in [-0.39, 0.29) is 25.1 Å². The lowest BCUT2D eigenvalue weighted by Gasteiger charge is -2.41. The Balaban J connectivity index is 1.35. The van der Waals surface area contributed by atoms with Gasteiger partial charge < -0.3 is 29.2 Å². The molecule has 2 aromatic carbocycles. The third-order valence-electron chi connectivity index (χ3n) is 6.17. The molecule has 0 radical (unpaired) electrons. The molecular formula is C25H30N2O6. The number of benzene rings is 2. The van der Waals surface area contributed by atoms with Crippen molar-refractivity contribution < 1.29 is 28.5 Å². The summed E-state index contributed by atoms with van der Waals surface area (Å²) in [5.74, 6) is 1.21. The van der Waals surface area contributed by atoms with Crippen LogP contribution in [0.4, 0.5) is 4.79 Å². The summed E-state index contributed by atoms with van der Waals surface area (Å²) < 4.78 is 21.7. The number of esters is 1. The number of likely N-dealkylation sites (tertiary alicyclic amines) is 1. The highest BCUT2D eigenvalue weighted by atomic mass is 16.6. The summed E-state index contributed by atoms with van der Waals surface area (Å²) in [4.78, 5) is 26.4. The SMILES string of the molecule is COC(=O)CC1(NCc2ccc3c(c2)OCCO3)CCN(C(=O)OCc2ccccc2)CC1. The second kappa shape index (κ2) is 10.6. The highest BCUT2D eigenvalue weighted by Crippen LogP contribution is 2.32. The van der Waals surface area contributed by atoms with Crippen LogP contribution < -0.4 is 14.8 Å². The zero-order valence-electron chi connectivity index (χ0n) is 18.9. The molecule has 0 spiro atoms. The van der Waals surface area contributed by atoms with Gasteiger partial charge in [-0.25, -0.2) is 4.79 Å². The number of rotatable bonds is 7. The fraction of sp³-hybridized carbons (Fsp3) is 0.440. The Morgan fingerprint density at radius 3 is 2.45 bits per heavy atom.